The maximum atomic E-state index is 5.77. The maximum Gasteiger partial charge on any atom is 0.291 e. The molecule has 0 radical (unpaired) electrons. The second kappa shape index (κ2) is 5.31. The summed E-state index contributed by atoms with van der Waals surface area (Å²) in [6, 6.07) is 11.8. The van der Waals surface area contributed by atoms with Gasteiger partial charge in [0.2, 0.25) is 5.82 Å². The second-order valence-corrected chi connectivity index (χ2v) is 5.38. The van der Waals surface area contributed by atoms with Crippen LogP contribution in [0.4, 0.5) is 11.5 Å². The summed E-state index contributed by atoms with van der Waals surface area (Å²) < 4.78 is 7.36. The predicted octanol–water partition coefficient (Wildman–Crippen LogP) is 1.23. The van der Waals surface area contributed by atoms with Gasteiger partial charge in [-0.15, -0.1) is 0 Å². The Morgan fingerprint density at radius 1 is 1.09 bits per heavy atom. The number of nitrogens with zero attached hydrogens (tertiary/aromatic N) is 3. The molecule has 1 aliphatic rings. The number of anilines is 2. The average molecular weight is 296 g/mol. The SMILES string of the molecule is Nc1ccc(-c2nn3cccc3c(N3CCOCC3)[nH+]2)cc1. The number of hydrogen-bond donors (Lipinski definition) is 1. The first kappa shape index (κ1) is 13.1. The Morgan fingerprint density at radius 2 is 1.86 bits per heavy atom. The van der Waals surface area contributed by atoms with Crippen LogP contribution in [-0.4, -0.2) is 35.9 Å². The fourth-order valence-electron chi connectivity index (χ4n) is 2.75. The van der Waals surface area contributed by atoms with Crippen molar-refractivity contribution in [3.63, 3.8) is 0 Å². The lowest BCUT2D eigenvalue weighted by atomic mass is 10.2. The van der Waals surface area contributed by atoms with Crippen molar-refractivity contribution in [2.45, 2.75) is 0 Å². The summed E-state index contributed by atoms with van der Waals surface area (Å²) in [6.45, 7) is 3.26. The molecule has 2 aromatic heterocycles. The van der Waals surface area contributed by atoms with Gasteiger partial charge in [0.25, 0.3) is 5.82 Å². The van der Waals surface area contributed by atoms with E-state index in [0.29, 0.717) is 0 Å². The van der Waals surface area contributed by atoms with Crippen LogP contribution in [0.1, 0.15) is 0 Å². The van der Waals surface area contributed by atoms with Crippen molar-refractivity contribution in [3.05, 3.63) is 42.6 Å². The molecule has 112 valence electrons. The largest absolute Gasteiger partial charge is 0.399 e. The first-order valence-corrected chi connectivity index (χ1v) is 7.40. The first-order chi connectivity index (χ1) is 10.8. The Kier molecular flexibility index (Phi) is 3.16. The highest BCUT2D eigenvalue weighted by Gasteiger charge is 2.23. The van der Waals surface area contributed by atoms with Crippen LogP contribution < -0.4 is 15.6 Å². The first-order valence-electron chi connectivity index (χ1n) is 7.40. The number of aromatic amines is 1. The molecule has 6 nitrogen and oxygen atoms in total. The van der Waals surface area contributed by atoms with E-state index in [1.807, 2.05) is 41.0 Å². The molecule has 0 bridgehead atoms. The highest BCUT2D eigenvalue weighted by Crippen LogP contribution is 2.21. The molecule has 0 aliphatic carbocycles. The molecule has 1 fully saturated rings. The van der Waals surface area contributed by atoms with Gasteiger partial charge in [-0.05, 0) is 41.5 Å². The number of nitrogens with two attached hydrogens (primary N) is 1. The third kappa shape index (κ3) is 2.27. The van der Waals surface area contributed by atoms with E-state index in [1.165, 1.54) is 0 Å². The van der Waals surface area contributed by atoms with E-state index in [-0.39, 0.29) is 0 Å². The van der Waals surface area contributed by atoms with Crippen molar-refractivity contribution in [1.82, 2.24) is 9.61 Å². The third-order valence-electron chi connectivity index (χ3n) is 3.93. The summed E-state index contributed by atoms with van der Waals surface area (Å²) in [4.78, 5) is 5.78. The van der Waals surface area contributed by atoms with Crippen LogP contribution in [0.5, 0.6) is 0 Å². The lowest BCUT2D eigenvalue weighted by Gasteiger charge is -2.23. The van der Waals surface area contributed by atoms with E-state index in [9.17, 15) is 0 Å². The molecule has 0 spiro atoms. The van der Waals surface area contributed by atoms with Gasteiger partial charge < -0.3 is 10.5 Å². The molecule has 1 aromatic carbocycles. The van der Waals surface area contributed by atoms with Crippen LogP contribution in [0, 0.1) is 0 Å². The van der Waals surface area contributed by atoms with Gasteiger partial charge in [0.15, 0.2) is 5.52 Å². The number of morpholine rings is 1. The molecule has 22 heavy (non-hydrogen) atoms. The number of nitrogens with one attached hydrogen (secondary N) is 1. The van der Waals surface area contributed by atoms with Gasteiger partial charge in [0.05, 0.1) is 31.9 Å². The van der Waals surface area contributed by atoms with Gasteiger partial charge in [0, 0.05) is 11.9 Å². The lowest BCUT2D eigenvalue weighted by Crippen LogP contribution is -2.40. The fraction of sp³-hybridized carbons (Fsp3) is 0.250. The molecule has 3 heterocycles. The van der Waals surface area contributed by atoms with Gasteiger partial charge in [0.1, 0.15) is 0 Å². The molecule has 0 unspecified atom stereocenters. The number of benzene rings is 1. The molecular weight excluding hydrogens is 278 g/mol. The fourth-order valence-corrected chi connectivity index (χ4v) is 2.75. The Balaban J connectivity index is 1.84. The van der Waals surface area contributed by atoms with E-state index >= 15 is 0 Å². The lowest BCUT2D eigenvalue weighted by molar-refractivity contribution is -0.355. The zero-order valence-corrected chi connectivity index (χ0v) is 12.2. The minimum Gasteiger partial charge on any atom is -0.399 e. The molecule has 6 heteroatoms. The van der Waals surface area contributed by atoms with Gasteiger partial charge in [-0.1, -0.05) is 0 Å². The summed E-state index contributed by atoms with van der Waals surface area (Å²) in [7, 11) is 0. The van der Waals surface area contributed by atoms with E-state index < -0.39 is 0 Å². The molecule has 0 amide bonds. The van der Waals surface area contributed by atoms with Crippen LogP contribution in [-0.2, 0) is 4.74 Å². The summed E-state index contributed by atoms with van der Waals surface area (Å²) in [5, 5.41) is 4.65. The quantitative estimate of drug-likeness (QED) is 0.722. The molecule has 3 N–H and O–H groups in total. The number of H-pyrrole nitrogens is 1. The summed E-state index contributed by atoms with van der Waals surface area (Å²) in [5.74, 6) is 1.90. The number of aromatic nitrogens is 3. The minimum absolute atomic E-state index is 0.749. The molecule has 1 aliphatic heterocycles. The van der Waals surface area contributed by atoms with Gasteiger partial charge in [-0.25, -0.2) is 4.98 Å². The molecule has 3 aromatic rings. The highest BCUT2D eigenvalue weighted by atomic mass is 16.5. The van der Waals surface area contributed by atoms with Crippen molar-refractivity contribution in [1.29, 1.82) is 0 Å². The zero-order chi connectivity index (χ0) is 14.9. The standard InChI is InChI=1S/C16H17N5O/c17-13-5-3-12(4-6-13)15-18-16(20-8-10-22-11-9-20)14-2-1-7-21(14)19-15/h1-7H,8-11,17H2/p+1. The van der Waals surface area contributed by atoms with Crippen LogP contribution >= 0.6 is 0 Å². The third-order valence-corrected chi connectivity index (χ3v) is 3.93. The van der Waals surface area contributed by atoms with E-state index in [1.54, 1.807) is 0 Å². The predicted molar refractivity (Wildman–Crippen MR) is 84.6 cm³/mol. The number of hydrogen-bond acceptors (Lipinski definition) is 4. The number of rotatable bonds is 2. The van der Waals surface area contributed by atoms with Crippen molar-refractivity contribution >= 4 is 17.0 Å². The van der Waals surface area contributed by atoms with Crippen molar-refractivity contribution < 1.29 is 9.72 Å². The van der Waals surface area contributed by atoms with Crippen LogP contribution in [0.15, 0.2) is 42.6 Å². The second-order valence-electron chi connectivity index (χ2n) is 5.38. The van der Waals surface area contributed by atoms with Gasteiger partial charge in [-0.3, -0.25) is 4.90 Å². The number of nitrogen functional groups attached to an aromatic ring is 1. The zero-order valence-electron chi connectivity index (χ0n) is 12.2. The number of ether oxygens (including phenoxy) is 1. The number of fused-ring (bicyclic) bond motifs is 1. The normalized spacial score (nSPS) is 15.4. The van der Waals surface area contributed by atoms with Gasteiger partial charge >= 0.3 is 0 Å². The molecule has 1 saturated heterocycles. The summed E-state index contributed by atoms with van der Waals surface area (Å²) >= 11 is 0. The van der Waals surface area contributed by atoms with E-state index in [0.717, 1.165) is 54.7 Å². The van der Waals surface area contributed by atoms with Crippen molar-refractivity contribution in [2.24, 2.45) is 0 Å². The van der Waals surface area contributed by atoms with Crippen molar-refractivity contribution in [2.75, 3.05) is 36.9 Å². The monoisotopic (exact) mass is 296 g/mol. The van der Waals surface area contributed by atoms with Crippen LogP contribution in [0.3, 0.4) is 0 Å². The summed E-state index contributed by atoms with van der Waals surface area (Å²) in [6.07, 6.45) is 1.97. The van der Waals surface area contributed by atoms with Gasteiger partial charge in [-0.2, -0.15) is 4.52 Å². The molecular formula is C16H18N5O+. The molecule has 0 atom stereocenters. The van der Waals surface area contributed by atoms with Crippen LogP contribution in [0.2, 0.25) is 0 Å². The summed E-state index contributed by atoms with van der Waals surface area (Å²) in [5.41, 5.74) is 8.60. The topological polar surface area (TPSA) is 69.9 Å². The van der Waals surface area contributed by atoms with E-state index in [4.69, 9.17) is 10.5 Å². The Labute approximate surface area is 128 Å². The highest BCUT2D eigenvalue weighted by molar-refractivity contribution is 5.67. The smallest absolute Gasteiger partial charge is 0.291 e. The van der Waals surface area contributed by atoms with E-state index in [2.05, 4.69) is 21.0 Å². The minimum atomic E-state index is 0.749. The Morgan fingerprint density at radius 3 is 2.64 bits per heavy atom. The average Bonchev–Trinajstić information content (AvgIpc) is 3.04. The molecule has 0 saturated carbocycles. The van der Waals surface area contributed by atoms with Crippen molar-refractivity contribution in [3.8, 4) is 11.4 Å². The van der Waals surface area contributed by atoms with Crippen LogP contribution in [0.25, 0.3) is 16.9 Å². The molecule has 4 rings (SSSR count). The Bertz CT molecular complexity index is 790. The maximum absolute atomic E-state index is 5.77. The Hall–Kier alpha value is -2.60.